The largest absolute Gasteiger partial charge is 0.489 e. The Bertz CT molecular complexity index is 1720. The monoisotopic (exact) mass is 683 g/mol. The van der Waals surface area contributed by atoms with Crippen molar-refractivity contribution in [3.63, 3.8) is 0 Å². The van der Waals surface area contributed by atoms with Crippen molar-refractivity contribution in [2.45, 2.75) is 104 Å². The fourth-order valence-electron chi connectivity index (χ4n) is 6.55. The number of hydrogen-bond acceptors (Lipinski definition) is 7. The highest BCUT2D eigenvalue weighted by molar-refractivity contribution is 5.93. The van der Waals surface area contributed by atoms with Crippen LogP contribution < -0.4 is 15.4 Å². The highest BCUT2D eigenvalue weighted by Gasteiger charge is 2.43. The van der Waals surface area contributed by atoms with Gasteiger partial charge in [-0.2, -0.15) is 0 Å². The van der Waals surface area contributed by atoms with E-state index >= 15 is 0 Å². The number of nitrogens with one attached hydrogen (secondary N) is 2. The molecule has 1 aliphatic carbocycles. The molecule has 266 valence electrons. The Kier molecular flexibility index (Phi) is 10.9. The van der Waals surface area contributed by atoms with Gasteiger partial charge < -0.3 is 29.7 Å². The quantitative estimate of drug-likeness (QED) is 0.262. The number of carbonyl (C=O) groups is 4. The van der Waals surface area contributed by atoms with Crippen LogP contribution in [0.15, 0.2) is 66.7 Å². The van der Waals surface area contributed by atoms with Gasteiger partial charge in [0, 0.05) is 13.0 Å². The van der Waals surface area contributed by atoms with Crippen LogP contribution in [-0.4, -0.2) is 53.6 Å². The second-order valence-electron chi connectivity index (χ2n) is 15.2. The topological polar surface area (TPSA) is 123 Å². The zero-order chi connectivity index (χ0) is 36.2. The summed E-state index contributed by atoms with van der Waals surface area (Å²) in [7, 11) is 1.34. The van der Waals surface area contributed by atoms with E-state index in [1.165, 1.54) is 12.7 Å². The van der Waals surface area contributed by atoms with Crippen molar-refractivity contribution in [2.75, 3.05) is 7.11 Å². The fourth-order valence-corrected chi connectivity index (χ4v) is 6.55. The lowest BCUT2D eigenvalue weighted by molar-refractivity contribution is -0.145. The van der Waals surface area contributed by atoms with Crippen LogP contribution in [0, 0.1) is 5.41 Å². The maximum atomic E-state index is 14.6. The summed E-state index contributed by atoms with van der Waals surface area (Å²) in [5, 5.41) is 6.09. The molecule has 1 heterocycles. The summed E-state index contributed by atoms with van der Waals surface area (Å²) in [5.41, 5.74) is 4.03. The summed E-state index contributed by atoms with van der Waals surface area (Å²) in [6.07, 6.45) is 2.36. The van der Waals surface area contributed by atoms with Gasteiger partial charge in [-0.25, -0.2) is 9.59 Å². The van der Waals surface area contributed by atoms with Crippen molar-refractivity contribution in [1.82, 2.24) is 15.5 Å². The number of nitrogens with zero attached hydrogens (tertiary/aromatic N) is 1. The van der Waals surface area contributed by atoms with Gasteiger partial charge in [-0.3, -0.25) is 9.59 Å². The number of aryl methyl sites for hydroxylation is 1. The average molecular weight is 684 g/mol. The van der Waals surface area contributed by atoms with E-state index in [1.54, 1.807) is 37.8 Å². The maximum Gasteiger partial charge on any atom is 0.408 e. The molecule has 0 fully saturated rings. The fraction of sp³-hybridized carbons (Fsp3) is 0.450. The molecule has 3 aromatic carbocycles. The number of esters is 1. The second-order valence-corrected chi connectivity index (χ2v) is 15.2. The van der Waals surface area contributed by atoms with Gasteiger partial charge in [-0.05, 0) is 97.5 Å². The Hall–Kier alpha value is -4.86. The van der Waals surface area contributed by atoms with Gasteiger partial charge >= 0.3 is 12.1 Å². The van der Waals surface area contributed by atoms with E-state index in [-0.39, 0.29) is 31.0 Å². The van der Waals surface area contributed by atoms with E-state index in [2.05, 4.69) is 22.8 Å². The highest BCUT2D eigenvalue weighted by atomic mass is 16.6. The predicted molar refractivity (Wildman–Crippen MR) is 189 cm³/mol. The molecule has 10 nitrogen and oxygen atoms in total. The lowest BCUT2D eigenvalue weighted by Crippen LogP contribution is -2.61. The molecule has 5 rings (SSSR count). The first-order valence-electron chi connectivity index (χ1n) is 17.2. The van der Waals surface area contributed by atoms with Crippen molar-refractivity contribution in [3.8, 4) is 5.75 Å². The number of carbonyl (C=O) groups excluding carboxylic acids is 4. The summed E-state index contributed by atoms with van der Waals surface area (Å²) in [4.78, 5) is 55.2. The Morgan fingerprint density at radius 1 is 0.900 bits per heavy atom. The standard InChI is InChI=1S/C40H49N3O7/c1-39(2,3)34(42-38(47)50-40(4,5)6)36(45)43-23-29-21-30(49-24-25-15-17-27(18-16-25)37(46)48-7)20-19-28(29)22-33(43)35(44)41-32-14-10-12-26-11-8-9-13-31(26)32/h8-9,11,13,15-21,32-34H,10,12,14,22-24H2,1-7H3,(H,41,44)(H,42,47)/t32?,33-,34+/m0/s1. The molecule has 3 amide bonds. The van der Waals surface area contributed by atoms with Gasteiger partial charge in [0.15, 0.2) is 0 Å². The molecule has 3 atom stereocenters. The van der Waals surface area contributed by atoms with E-state index in [0.717, 1.165) is 41.5 Å². The summed E-state index contributed by atoms with van der Waals surface area (Å²) in [5.74, 6) is -0.396. The summed E-state index contributed by atoms with van der Waals surface area (Å²) in [6, 6.07) is 19.0. The van der Waals surface area contributed by atoms with Crippen LogP contribution in [0.25, 0.3) is 0 Å². The molecule has 0 spiro atoms. The first-order valence-corrected chi connectivity index (χ1v) is 17.2. The summed E-state index contributed by atoms with van der Waals surface area (Å²) < 4.78 is 16.4. The molecular weight excluding hydrogens is 634 g/mol. The lowest BCUT2D eigenvalue weighted by atomic mass is 9.84. The molecular formula is C40H49N3O7. The molecule has 1 unspecified atom stereocenters. The highest BCUT2D eigenvalue weighted by Crippen LogP contribution is 2.33. The summed E-state index contributed by atoms with van der Waals surface area (Å²) in [6.45, 7) is 11.4. The van der Waals surface area contributed by atoms with E-state index < -0.39 is 35.2 Å². The molecule has 0 saturated carbocycles. The molecule has 50 heavy (non-hydrogen) atoms. The number of ether oxygens (including phenoxy) is 3. The number of fused-ring (bicyclic) bond motifs is 2. The van der Waals surface area contributed by atoms with Crippen LogP contribution in [0.2, 0.25) is 0 Å². The number of rotatable bonds is 8. The first-order chi connectivity index (χ1) is 23.6. The van der Waals surface area contributed by atoms with Crippen LogP contribution >= 0.6 is 0 Å². The van der Waals surface area contributed by atoms with E-state index in [9.17, 15) is 19.2 Å². The van der Waals surface area contributed by atoms with E-state index in [4.69, 9.17) is 14.2 Å². The number of methoxy groups -OCH3 is 1. The van der Waals surface area contributed by atoms with Crippen LogP contribution in [0.5, 0.6) is 5.75 Å². The molecule has 10 heteroatoms. The van der Waals surface area contributed by atoms with Crippen molar-refractivity contribution in [1.29, 1.82) is 0 Å². The molecule has 0 aromatic heterocycles. The minimum absolute atomic E-state index is 0.151. The normalized spacial score (nSPS) is 17.8. The Labute approximate surface area is 294 Å². The summed E-state index contributed by atoms with van der Waals surface area (Å²) >= 11 is 0. The molecule has 3 aromatic rings. The predicted octanol–water partition coefficient (Wildman–Crippen LogP) is 6.44. The molecule has 0 bridgehead atoms. The van der Waals surface area contributed by atoms with Gasteiger partial charge in [0.05, 0.1) is 18.7 Å². The van der Waals surface area contributed by atoms with Crippen LogP contribution in [0.3, 0.4) is 0 Å². The minimum atomic E-state index is -0.961. The van der Waals surface area contributed by atoms with E-state index in [0.29, 0.717) is 17.7 Å². The smallest absolute Gasteiger partial charge is 0.408 e. The third kappa shape index (κ3) is 8.83. The third-order valence-corrected chi connectivity index (χ3v) is 9.13. The van der Waals surface area contributed by atoms with Crippen molar-refractivity contribution in [3.05, 3.63) is 100 Å². The molecule has 2 N–H and O–H groups in total. The SMILES string of the molecule is COC(=O)c1ccc(COc2ccc3c(c2)CN(C(=O)[C@@H](NC(=O)OC(C)(C)C)C(C)(C)C)[C@H](C(=O)NC2CCCc4ccccc42)C3)cc1. The van der Waals surface area contributed by atoms with Gasteiger partial charge in [0.2, 0.25) is 11.8 Å². The van der Waals surface area contributed by atoms with Crippen LogP contribution in [0.1, 0.15) is 98.6 Å². The van der Waals surface area contributed by atoms with Crippen LogP contribution in [-0.2, 0) is 45.1 Å². The van der Waals surface area contributed by atoms with Crippen LogP contribution in [0.4, 0.5) is 4.79 Å². The average Bonchev–Trinajstić information content (AvgIpc) is 3.07. The van der Waals surface area contributed by atoms with E-state index in [1.807, 2.05) is 63.2 Å². The van der Waals surface area contributed by atoms with Crippen molar-refractivity contribution < 1.29 is 33.4 Å². The maximum absolute atomic E-state index is 14.6. The van der Waals surface area contributed by atoms with Gasteiger partial charge in [-0.15, -0.1) is 0 Å². The number of benzene rings is 3. The Morgan fingerprint density at radius 2 is 1.62 bits per heavy atom. The van der Waals surface area contributed by atoms with Gasteiger partial charge in [-0.1, -0.05) is 63.2 Å². The molecule has 1 aliphatic heterocycles. The minimum Gasteiger partial charge on any atom is -0.489 e. The lowest BCUT2D eigenvalue weighted by Gasteiger charge is -2.41. The number of alkyl carbamates (subject to hydrolysis) is 1. The first kappa shape index (κ1) is 36.4. The van der Waals surface area contributed by atoms with Gasteiger partial charge in [0.25, 0.3) is 0 Å². The Morgan fingerprint density at radius 3 is 2.30 bits per heavy atom. The Balaban J connectivity index is 1.41. The van der Waals surface area contributed by atoms with Crippen molar-refractivity contribution >= 4 is 23.9 Å². The molecule has 0 radical (unpaired) electrons. The van der Waals surface area contributed by atoms with Gasteiger partial charge in [0.1, 0.15) is 30.0 Å². The second kappa shape index (κ2) is 14.9. The van der Waals surface area contributed by atoms with Crippen molar-refractivity contribution in [2.24, 2.45) is 5.41 Å². The molecule has 0 saturated heterocycles. The third-order valence-electron chi connectivity index (χ3n) is 9.13. The number of amides is 3. The zero-order valence-corrected chi connectivity index (χ0v) is 30.1. The molecule has 2 aliphatic rings. The zero-order valence-electron chi connectivity index (χ0n) is 30.1. The number of hydrogen-bond donors (Lipinski definition) is 2.